The molecule has 1 fully saturated rings. The summed E-state index contributed by atoms with van der Waals surface area (Å²) >= 11 is 0. The topological polar surface area (TPSA) is 80.5 Å². The Morgan fingerprint density at radius 3 is 2.44 bits per heavy atom. The van der Waals surface area contributed by atoms with E-state index >= 15 is 0 Å². The van der Waals surface area contributed by atoms with Gasteiger partial charge in [-0.3, -0.25) is 4.79 Å². The van der Waals surface area contributed by atoms with Gasteiger partial charge in [0.2, 0.25) is 0 Å². The number of benzene rings is 1. The molecule has 0 aliphatic carbocycles. The number of carbonyl (C=O) groups is 1. The molecule has 1 aromatic carbocycles. The summed E-state index contributed by atoms with van der Waals surface area (Å²) in [4.78, 5) is 11.9. The molecule has 1 aliphatic heterocycles. The van der Waals surface area contributed by atoms with Crippen molar-refractivity contribution in [3.63, 3.8) is 0 Å². The zero-order valence-electron chi connectivity index (χ0n) is 10.5. The van der Waals surface area contributed by atoms with Crippen molar-refractivity contribution in [3.8, 4) is 0 Å². The summed E-state index contributed by atoms with van der Waals surface area (Å²) in [5, 5.41) is 0. The third-order valence-corrected chi connectivity index (χ3v) is 5.83. The normalized spacial score (nSPS) is 22.4. The summed E-state index contributed by atoms with van der Waals surface area (Å²) in [6.45, 7) is 4.53. The van der Waals surface area contributed by atoms with Gasteiger partial charge >= 0.3 is 0 Å². The van der Waals surface area contributed by atoms with Gasteiger partial charge in [0.05, 0.1) is 6.04 Å². The van der Waals surface area contributed by atoms with Crippen LogP contribution in [0.25, 0.3) is 0 Å². The maximum absolute atomic E-state index is 12.1. The number of nitrogens with zero attached hydrogens (tertiary/aromatic N) is 1. The van der Waals surface area contributed by atoms with Crippen LogP contribution in [0.5, 0.6) is 0 Å². The van der Waals surface area contributed by atoms with Gasteiger partial charge in [0.1, 0.15) is 0 Å². The molecule has 0 radical (unpaired) electrons. The molecule has 5 nitrogen and oxygen atoms in total. The first-order valence-electron chi connectivity index (χ1n) is 5.63. The van der Waals surface area contributed by atoms with Crippen LogP contribution in [-0.4, -0.2) is 23.4 Å². The summed E-state index contributed by atoms with van der Waals surface area (Å²) in [5.74, 6) is -0.377. The van der Waals surface area contributed by atoms with Crippen molar-refractivity contribution in [2.24, 2.45) is 0 Å². The van der Waals surface area contributed by atoms with Crippen LogP contribution in [-0.2, 0) is 14.8 Å². The molecule has 6 heteroatoms. The molecule has 0 bridgehead atoms. The SMILES string of the molecule is CC(c1cccc(N)c1)N1C(=O)C(C)(C)S1(=O)=O. The van der Waals surface area contributed by atoms with Crippen LogP contribution >= 0.6 is 0 Å². The van der Waals surface area contributed by atoms with E-state index in [4.69, 9.17) is 5.73 Å². The third-order valence-electron chi connectivity index (χ3n) is 3.36. The second-order valence-corrected chi connectivity index (χ2v) is 7.33. The second-order valence-electron chi connectivity index (χ2n) is 4.96. The van der Waals surface area contributed by atoms with Gasteiger partial charge in [-0.25, -0.2) is 12.7 Å². The van der Waals surface area contributed by atoms with E-state index in [1.54, 1.807) is 31.2 Å². The highest BCUT2D eigenvalue weighted by atomic mass is 32.2. The minimum Gasteiger partial charge on any atom is -0.399 e. The predicted octanol–water partition coefficient (Wildman–Crippen LogP) is 1.28. The number of carbonyl (C=O) groups excluding carboxylic acids is 1. The molecule has 18 heavy (non-hydrogen) atoms. The molecule has 2 rings (SSSR count). The second kappa shape index (κ2) is 3.71. The van der Waals surface area contributed by atoms with Crippen molar-refractivity contribution in [1.29, 1.82) is 0 Å². The number of nitrogens with two attached hydrogens (primary N) is 1. The van der Waals surface area contributed by atoms with Crippen LogP contribution < -0.4 is 5.73 Å². The van der Waals surface area contributed by atoms with Gasteiger partial charge < -0.3 is 5.73 Å². The number of hydrogen-bond acceptors (Lipinski definition) is 4. The number of anilines is 1. The lowest BCUT2D eigenvalue weighted by Crippen LogP contribution is -2.67. The van der Waals surface area contributed by atoms with Gasteiger partial charge in [-0.2, -0.15) is 0 Å². The zero-order valence-corrected chi connectivity index (χ0v) is 11.4. The smallest absolute Gasteiger partial charge is 0.259 e. The molecule has 1 unspecified atom stereocenters. The van der Waals surface area contributed by atoms with Crippen LogP contribution in [0.1, 0.15) is 32.4 Å². The molecule has 98 valence electrons. The van der Waals surface area contributed by atoms with Crippen molar-refractivity contribution < 1.29 is 13.2 Å². The molecular formula is C12H16N2O3S. The van der Waals surface area contributed by atoms with Crippen molar-refractivity contribution >= 4 is 21.6 Å². The molecule has 2 N–H and O–H groups in total. The molecule has 1 atom stereocenters. The van der Waals surface area contributed by atoms with Crippen molar-refractivity contribution in [2.75, 3.05) is 5.73 Å². The van der Waals surface area contributed by atoms with Crippen LogP contribution in [0, 0.1) is 0 Å². The van der Waals surface area contributed by atoms with Gasteiger partial charge in [-0.15, -0.1) is 0 Å². The maximum atomic E-state index is 12.1. The fourth-order valence-corrected chi connectivity index (χ4v) is 3.69. The van der Waals surface area contributed by atoms with Gasteiger partial charge in [0, 0.05) is 5.69 Å². The quantitative estimate of drug-likeness (QED) is 0.819. The molecular weight excluding hydrogens is 252 g/mol. The Morgan fingerprint density at radius 1 is 1.33 bits per heavy atom. The number of sulfonamides is 1. The van der Waals surface area contributed by atoms with E-state index in [1.165, 1.54) is 13.8 Å². The minimum absolute atomic E-state index is 0.377. The lowest BCUT2D eigenvalue weighted by Gasteiger charge is -2.46. The van der Waals surface area contributed by atoms with E-state index in [1.807, 2.05) is 0 Å². The summed E-state index contributed by atoms with van der Waals surface area (Å²) < 4.78 is 23.7. The van der Waals surface area contributed by atoms with Crippen LogP contribution in [0.3, 0.4) is 0 Å². The highest BCUT2D eigenvalue weighted by Crippen LogP contribution is 2.41. The number of nitrogen functional groups attached to an aromatic ring is 1. The molecule has 1 aromatic rings. The predicted molar refractivity (Wildman–Crippen MR) is 69.1 cm³/mol. The first kappa shape index (κ1) is 12.9. The van der Waals surface area contributed by atoms with Crippen molar-refractivity contribution in [2.45, 2.75) is 31.6 Å². The molecule has 1 heterocycles. The fraction of sp³-hybridized carbons (Fsp3) is 0.417. The molecule has 0 spiro atoms. The molecule has 1 aliphatic rings. The van der Waals surface area contributed by atoms with E-state index in [0.29, 0.717) is 11.3 Å². The summed E-state index contributed by atoms with van der Waals surface area (Å²) in [7, 11) is -3.57. The maximum Gasteiger partial charge on any atom is 0.259 e. The molecule has 0 aromatic heterocycles. The largest absolute Gasteiger partial charge is 0.399 e. The Bertz CT molecular complexity index is 608. The fourth-order valence-electron chi connectivity index (χ4n) is 2.03. The lowest BCUT2D eigenvalue weighted by atomic mass is 10.1. The monoisotopic (exact) mass is 268 g/mol. The Hall–Kier alpha value is -1.56. The summed E-state index contributed by atoms with van der Waals surface area (Å²) in [6.07, 6.45) is 0. The Morgan fingerprint density at radius 2 is 1.94 bits per heavy atom. The van der Waals surface area contributed by atoms with Gasteiger partial charge in [-0.05, 0) is 38.5 Å². The van der Waals surface area contributed by atoms with Crippen molar-refractivity contribution in [1.82, 2.24) is 4.31 Å². The van der Waals surface area contributed by atoms with Crippen LogP contribution in [0.15, 0.2) is 24.3 Å². The van der Waals surface area contributed by atoms with Gasteiger partial charge in [-0.1, -0.05) is 12.1 Å². The standard InChI is InChI=1S/C12H16N2O3S/c1-8(9-5-4-6-10(13)7-9)14-11(15)12(2,3)18(14,16)17/h4-8H,13H2,1-3H3. The minimum atomic E-state index is -3.57. The summed E-state index contributed by atoms with van der Waals surface area (Å²) in [6, 6.07) is 6.36. The highest BCUT2D eigenvalue weighted by Gasteiger charge is 2.61. The van der Waals surface area contributed by atoms with Gasteiger partial charge in [0.15, 0.2) is 4.75 Å². The average Bonchev–Trinajstić information content (AvgIpc) is 2.28. The third kappa shape index (κ3) is 1.52. The van der Waals surface area contributed by atoms with E-state index in [0.717, 1.165) is 4.31 Å². The molecule has 1 saturated heterocycles. The zero-order chi connectivity index (χ0) is 13.7. The average molecular weight is 268 g/mol. The number of rotatable bonds is 2. The Kier molecular flexibility index (Phi) is 2.66. The first-order valence-corrected chi connectivity index (χ1v) is 7.07. The van der Waals surface area contributed by atoms with E-state index in [2.05, 4.69) is 0 Å². The highest BCUT2D eigenvalue weighted by molar-refractivity contribution is 7.94. The lowest BCUT2D eigenvalue weighted by molar-refractivity contribution is -0.133. The van der Waals surface area contributed by atoms with E-state index in [-0.39, 0.29) is 5.91 Å². The molecule has 1 amide bonds. The van der Waals surface area contributed by atoms with Crippen LogP contribution in [0.4, 0.5) is 5.69 Å². The van der Waals surface area contributed by atoms with Crippen molar-refractivity contribution in [3.05, 3.63) is 29.8 Å². The molecule has 0 saturated carbocycles. The van der Waals surface area contributed by atoms with E-state index < -0.39 is 20.8 Å². The van der Waals surface area contributed by atoms with Crippen LogP contribution in [0.2, 0.25) is 0 Å². The Labute approximate surface area is 107 Å². The Balaban J connectivity index is 2.38. The van der Waals surface area contributed by atoms with E-state index in [9.17, 15) is 13.2 Å². The number of amides is 1. The number of hydrogen-bond donors (Lipinski definition) is 1. The van der Waals surface area contributed by atoms with Gasteiger partial charge in [0.25, 0.3) is 15.9 Å². The summed E-state index contributed by atoms with van der Waals surface area (Å²) in [5.41, 5.74) is 6.91. The first-order chi connectivity index (χ1) is 8.19.